The molecule has 2 amide bonds. The Kier molecular flexibility index (Phi) is 4.93. The van der Waals surface area contributed by atoms with Crippen LogP contribution < -0.4 is 5.32 Å². The lowest BCUT2D eigenvalue weighted by Gasteiger charge is -2.16. The average Bonchev–Trinajstić information content (AvgIpc) is 3.22. The maximum atomic E-state index is 12.3. The van der Waals surface area contributed by atoms with Crippen LogP contribution in [0.1, 0.15) is 34.9 Å². The third kappa shape index (κ3) is 4.01. The number of hydrogen-bond acceptors (Lipinski definition) is 4. The normalized spacial score (nSPS) is 17.0. The lowest BCUT2D eigenvalue weighted by molar-refractivity contribution is -0.121. The number of likely N-dealkylation sites (tertiary alicyclic amines) is 1. The van der Waals surface area contributed by atoms with E-state index in [1.54, 1.807) is 29.3 Å². The van der Waals surface area contributed by atoms with Crippen molar-refractivity contribution in [3.8, 4) is 0 Å². The summed E-state index contributed by atoms with van der Waals surface area (Å²) in [6.45, 7) is 3.05. The SMILES string of the molecule is Cc1ccc(CCC(=O)N[C@H]2CCN(C(=O)c3ccccn3)C2)o1. The van der Waals surface area contributed by atoms with Crippen molar-refractivity contribution in [2.24, 2.45) is 0 Å². The van der Waals surface area contributed by atoms with Crippen molar-refractivity contribution in [3.63, 3.8) is 0 Å². The van der Waals surface area contributed by atoms with Gasteiger partial charge in [0.25, 0.3) is 5.91 Å². The Morgan fingerprint density at radius 1 is 1.33 bits per heavy atom. The highest BCUT2D eigenvalue weighted by molar-refractivity contribution is 5.92. The topological polar surface area (TPSA) is 75.4 Å². The van der Waals surface area contributed by atoms with E-state index in [0.717, 1.165) is 17.9 Å². The van der Waals surface area contributed by atoms with Crippen LogP contribution in [0.15, 0.2) is 40.9 Å². The Morgan fingerprint density at radius 3 is 2.92 bits per heavy atom. The Labute approximate surface area is 140 Å². The summed E-state index contributed by atoms with van der Waals surface area (Å²) >= 11 is 0. The number of carbonyl (C=O) groups is 2. The average molecular weight is 327 g/mol. The second-order valence-electron chi connectivity index (χ2n) is 6.03. The fourth-order valence-corrected chi connectivity index (χ4v) is 2.87. The van der Waals surface area contributed by atoms with Crippen LogP contribution in [0, 0.1) is 6.92 Å². The number of amides is 2. The van der Waals surface area contributed by atoms with Crippen molar-refractivity contribution < 1.29 is 14.0 Å². The molecular weight excluding hydrogens is 306 g/mol. The standard InChI is InChI=1S/C18H21N3O3/c1-13-5-6-15(24-13)7-8-17(22)20-14-9-11-21(12-14)18(23)16-4-2-3-10-19-16/h2-6,10,14H,7-9,11-12H2,1H3,(H,20,22)/t14-/m0/s1. The molecule has 0 radical (unpaired) electrons. The Bertz CT molecular complexity index is 711. The van der Waals surface area contributed by atoms with E-state index in [0.29, 0.717) is 31.6 Å². The highest BCUT2D eigenvalue weighted by atomic mass is 16.3. The van der Waals surface area contributed by atoms with Gasteiger partial charge in [0.05, 0.1) is 0 Å². The molecule has 6 heteroatoms. The van der Waals surface area contributed by atoms with Gasteiger partial charge < -0.3 is 14.6 Å². The molecule has 2 aromatic rings. The lowest BCUT2D eigenvalue weighted by atomic mass is 10.2. The molecular formula is C18H21N3O3. The number of carbonyl (C=O) groups excluding carboxylic acids is 2. The predicted octanol–water partition coefficient (Wildman–Crippen LogP) is 1.95. The highest BCUT2D eigenvalue weighted by Crippen LogP contribution is 2.13. The van der Waals surface area contributed by atoms with Gasteiger partial charge in [-0.2, -0.15) is 0 Å². The minimum Gasteiger partial charge on any atom is -0.466 e. The summed E-state index contributed by atoms with van der Waals surface area (Å²) in [5.41, 5.74) is 0.442. The number of nitrogens with zero attached hydrogens (tertiary/aromatic N) is 2. The van der Waals surface area contributed by atoms with E-state index in [-0.39, 0.29) is 17.9 Å². The molecule has 24 heavy (non-hydrogen) atoms. The van der Waals surface area contributed by atoms with Gasteiger partial charge in [-0.3, -0.25) is 14.6 Å². The van der Waals surface area contributed by atoms with E-state index in [1.165, 1.54) is 0 Å². The zero-order valence-electron chi connectivity index (χ0n) is 13.7. The molecule has 0 spiro atoms. The number of furan rings is 1. The molecule has 1 saturated heterocycles. The van der Waals surface area contributed by atoms with Gasteiger partial charge in [0, 0.05) is 38.2 Å². The van der Waals surface area contributed by atoms with Gasteiger partial charge in [0.1, 0.15) is 17.2 Å². The Balaban J connectivity index is 1.45. The summed E-state index contributed by atoms with van der Waals surface area (Å²) < 4.78 is 5.46. The molecule has 3 rings (SSSR count). The van der Waals surface area contributed by atoms with Crippen molar-refractivity contribution >= 4 is 11.8 Å². The number of aryl methyl sites for hydroxylation is 2. The molecule has 1 aliphatic rings. The first kappa shape index (κ1) is 16.2. The van der Waals surface area contributed by atoms with Crippen LogP contribution in [-0.2, 0) is 11.2 Å². The Morgan fingerprint density at radius 2 is 2.21 bits per heavy atom. The van der Waals surface area contributed by atoms with Crippen LogP contribution in [-0.4, -0.2) is 40.8 Å². The molecule has 6 nitrogen and oxygen atoms in total. The van der Waals surface area contributed by atoms with Gasteiger partial charge in [-0.1, -0.05) is 6.07 Å². The Hall–Kier alpha value is -2.63. The summed E-state index contributed by atoms with van der Waals surface area (Å²) in [7, 11) is 0. The summed E-state index contributed by atoms with van der Waals surface area (Å²) in [6, 6.07) is 9.08. The second-order valence-corrected chi connectivity index (χ2v) is 6.03. The molecule has 1 fully saturated rings. The minimum atomic E-state index is -0.0848. The van der Waals surface area contributed by atoms with Crippen LogP contribution in [0.3, 0.4) is 0 Å². The largest absolute Gasteiger partial charge is 0.466 e. The van der Waals surface area contributed by atoms with Crippen LogP contribution in [0.4, 0.5) is 0 Å². The molecule has 0 aliphatic carbocycles. The molecule has 3 heterocycles. The third-order valence-electron chi connectivity index (χ3n) is 4.12. The summed E-state index contributed by atoms with van der Waals surface area (Å²) in [5.74, 6) is 1.57. The second kappa shape index (κ2) is 7.29. The number of rotatable bonds is 5. The first-order chi connectivity index (χ1) is 11.6. The van der Waals surface area contributed by atoms with E-state index in [1.807, 2.05) is 19.1 Å². The zero-order valence-corrected chi connectivity index (χ0v) is 13.7. The fourth-order valence-electron chi connectivity index (χ4n) is 2.87. The van der Waals surface area contributed by atoms with E-state index >= 15 is 0 Å². The summed E-state index contributed by atoms with van der Waals surface area (Å²) in [5, 5.41) is 3.00. The molecule has 0 bridgehead atoms. The number of pyridine rings is 1. The summed E-state index contributed by atoms with van der Waals surface area (Å²) in [4.78, 5) is 30.2. The van der Waals surface area contributed by atoms with Gasteiger partial charge in [0.2, 0.25) is 5.91 Å². The van der Waals surface area contributed by atoms with Gasteiger partial charge in [-0.25, -0.2) is 0 Å². The van der Waals surface area contributed by atoms with Crippen molar-refractivity contribution in [3.05, 3.63) is 53.7 Å². The fraction of sp³-hybridized carbons (Fsp3) is 0.389. The lowest BCUT2D eigenvalue weighted by Crippen LogP contribution is -2.38. The van der Waals surface area contributed by atoms with Gasteiger partial charge in [-0.05, 0) is 37.6 Å². The van der Waals surface area contributed by atoms with Crippen molar-refractivity contribution in [1.29, 1.82) is 0 Å². The molecule has 2 aromatic heterocycles. The number of nitrogens with one attached hydrogen (secondary N) is 1. The monoisotopic (exact) mass is 327 g/mol. The molecule has 126 valence electrons. The zero-order chi connectivity index (χ0) is 16.9. The molecule has 1 N–H and O–H groups in total. The van der Waals surface area contributed by atoms with Crippen molar-refractivity contribution in [2.45, 2.75) is 32.2 Å². The highest BCUT2D eigenvalue weighted by Gasteiger charge is 2.28. The van der Waals surface area contributed by atoms with Crippen molar-refractivity contribution in [1.82, 2.24) is 15.2 Å². The molecule has 0 saturated carbocycles. The van der Waals surface area contributed by atoms with E-state index in [9.17, 15) is 9.59 Å². The number of hydrogen-bond donors (Lipinski definition) is 1. The van der Waals surface area contributed by atoms with E-state index in [2.05, 4.69) is 10.3 Å². The quantitative estimate of drug-likeness (QED) is 0.911. The summed E-state index contributed by atoms with van der Waals surface area (Å²) in [6.07, 6.45) is 3.35. The van der Waals surface area contributed by atoms with Crippen molar-refractivity contribution in [2.75, 3.05) is 13.1 Å². The van der Waals surface area contributed by atoms with E-state index in [4.69, 9.17) is 4.42 Å². The molecule has 0 aromatic carbocycles. The smallest absolute Gasteiger partial charge is 0.272 e. The van der Waals surface area contributed by atoms with Crippen LogP contribution >= 0.6 is 0 Å². The molecule has 0 unspecified atom stereocenters. The van der Waals surface area contributed by atoms with Crippen LogP contribution in [0.5, 0.6) is 0 Å². The molecule has 1 aliphatic heterocycles. The van der Waals surface area contributed by atoms with Crippen LogP contribution in [0.25, 0.3) is 0 Å². The third-order valence-corrected chi connectivity index (χ3v) is 4.12. The van der Waals surface area contributed by atoms with E-state index < -0.39 is 0 Å². The first-order valence-corrected chi connectivity index (χ1v) is 8.17. The van der Waals surface area contributed by atoms with Crippen LogP contribution in [0.2, 0.25) is 0 Å². The first-order valence-electron chi connectivity index (χ1n) is 8.17. The number of aromatic nitrogens is 1. The predicted molar refractivity (Wildman–Crippen MR) is 88.5 cm³/mol. The maximum Gasteiger partial charge on any atom is 0.272 e. The maximum absolute atomic E-state index is 12.3. The van der Waals surface area contributed by atoms with Gasteiger partial charge in [-0.15, -0.1) is 0 Å². The minimum absolute atomic E-state index is 0.00324. The van der Waals surface area contributed by atoms with Gasteiger partial charge in [0.15, 0.2) is 0 Å². The van der Waals surface area contributed by atoms with Gasteiger partial charge >= 0.3 is 0 Å². The molecule has 1 atom stereocenters.